The fraction of sp³-hybridized carbons (Fsp3) is 0.182. The first-order chi connectivity index (χ1) is 8.49. The molecule has 0 aliphatic heterocycles. The number of carboxylic acid groups (broad SMARTS) is 1. The molecule has 18 heavy (non-hydrogen) atoms. The Hall–Kier alpha value is -2.57. The van der Waals surface area contributed by atoms with Crippen molar-refractivity contribution >= 4 is 23.6 Å². The molecule has 0 fully saturated rings. The van der Waals surface area contributed by atoms with Crippen LogP contribution in [-0.4, -0.2) is 29.6 Å². The first-order valence-corrected chi connectivity index (χ1v) is 5.15. The number of nitrogens with two attached hydrogens (primary N) is 1. The van der Waals surface area contributed by atoms with Gasteiger partial charge >= 0.3 is 12.0 Å². The number of urea groups is 1. The molecule has 7 nitrogen and oxygen atoms in total. The molecule has 7 heteroatoms. The highest BCUT2D eigenvalue weighted by Crippen LogP contribution is 2.10. The Bertz CT molecular complexity index is 473. The summed E-state index contributed by atoms with van der Waals surface area (Å²) < 4.78 is 0. The van der Waals surface area contributed by atoms with Gasteiger partial charge in [0.15, 0.2) is 0 Å². The van der Waals surface area contributed by atoms with Crippen molar-refractivity contribution in [2.24, 2.45) is 5.73 Å². The van der Waals surface area contributed by atoms with Gasteiger partial charge in [0.2, 0.25) is 5.91 Å². The van der Waals surface area contributed by atoms with Crippen molar-refractivity contribution in [1.29, 1.82) is 0 Å². The largest absolute Gasteiger partial charge is 0.478 e. The highest BCUT2D eigenvalue weighted by molar-refractivity contribution is 5.93. The van der Waals surface area contributed by atoms with Gasteiger partial charge in [-0.2, -0.15) is 0 Å². The van der Waals surface area contributed by atoms with Crippen LogP contribution in [0.3, 0.4) is 0 Å². The molecular weight excluding hydrogens is 238 g/mol. The van der Waals surface area contributed by atoms with Crippen molar-refractivity contribution in [3.05, 3.63) is 29.8 Å². The molecule has 0 aliphatic rings. The Morgan fingerprint density at radius 2 is 2.00 bits per heavy atom. The van der Waals surface area contributed by atoms with Gasteiger partial charge < -0.3 is 21.5 Å². The van der Waals surface area contributed by atoms with Crippen LogP contribution in [0.1, 0.15) is 16.8 Å². The minimum absolute atomic E-state index is 0.0442. The first kappa shape index (κ1) is 13.5. The lowest BCUT2D eigenvalue weighted by atomic mass is 10.2. The van der Waals surface area contributed by atoms with Crippen molar-refractivity contribution in [3.63, 3.8) is 0 Å². The molecule has 0 aliphatic carbocycles. The minimum atomic E-state index is -1.08. The number of benzene rings is 1. The Kier molecular flexibility index (Phi) is 4.67. The smallest absolute Gasteiger partial charge is 0.335 e. The lowest BCUT2D eigenvalue weighted by Gasteiger charge is -2.07. The minimum Gasteiger partial charge on any atom is -0.478 e. The number of hydrogen-bond acceptors (Lipinski definition) is 3. The number of nitrogens with one attached hydrogen (secondary N) is 2. The summed E-state index contributed by atoms with van der Waals surface area (Å²) in [6, 6.07) is 5.29. The third-order valence-corrected chi connectivity index (χ3v) is 2.02. The summed E-state index contributed by atoms with van der Waals surface area (Å²) in [7, 11) is 0. The van der Waals surface area contributed by atoms with Crippen LogP contribution in [0.25, 0.3) is 0 Å². The molecular formula is C11H13N3O4. The molecule has 1 aromatic carbocycles. The summed E-state index contributed by atoms with van der Waals surface area (Å²) in [6.07, 6.45) is 0.0442. The van der Waals surface area contributed by atoms with Crippen LogP contribution in [0, 0.1) is 0 Å². The molecule has 0 bridgehead atoms. The third kappa shape index (κ3) is 4.52. The first-order valence-electron chi connectivity index (χ1n) is 5.15. The summed E-state index contributed by atoms with van der Waals surface area (Å²) in [5.74, 6) is -1.59. The summed E-state index contributed by atoms with van der Waals surface area (Å²) in [6.45, 7) is 0.125. The molecule has 0 radical (unpaired) electrons. The van der Waals surface area contributed by atoms with Gasteiger partial charge in [0.1, 0.15) is 0 Å². The normalized spacial score (nSPS) is 9.56. The van der Waals surface area contributed by atoms with Gasteiger partial charge in [0, 0.05) is 18.7 Å². The number of carboxylic acids is 1. The van der Waals surface area contributed by atoms with E-state index in [0.717, 1.165) is 0 Å². The fourth-order valence-corrected chi connectivity index (χ4v) is 1.20. The molecule has 1 aromatic rings. The van der Waals surface area contributed by atoms with E-state index in [4.69, 9.17) is 10.8 Å². The van der Waals surface area contributed by atoms with E-state index in [9.17, 15) is 14.4 Å². The summed E-state index contributed by atoms with van der Waals surface area (Å²) in [5.41, 5.74) is 5.34. The average Bonchev–Trinajstić information content (AvgIpc) is 2.28. The zero-order chi connectivity index (χ0) is 13.5. The zero-order valence-corrected chi connectivity index (χ0v) is 9.47. The van der Waals surface area contributed by atoms with Crippen LogP contribution < -0.4 is 16.4 Å². The number of anilines is 1. The van der Waals surface area contributed by atoms with E-state index in [1.54, 1.807) is 6.07 Å². The van der Waals surface area contributed by atoms with Crippen molar-refractivity contribution in [2.75, 3.05) is 11.9 Å². The van der Waals surface area contributed by atoms with Crippen molar-refractivity contribution in [3.8, 4) is 0 Å². The lowest BCUT2D eigenvalue weighted by molar-refractivity contribution is -0.117. The second-order valence-corrected chi connectivity index (χ2v) is 3.48. The summed E-state index contributed by atoms with van der Waals surface area (Å²) >= 11 is 0. The Balaban J connectivity index is 2.51. The van der Waals surface area contributed by atoms with Crippen LogP contribution >= 0.6 is 0 Å². The van der Waals surface area contributed by atoms with Gasteiger partial charge in [-0.25, -0.2) is 9.59 Å². The number of rotatable bonds is 5. The van der Waals surface area contributed by atoms with Gasteiger partial charge in [0.25, 0.3) is 0 Å². The number of carbonyl (C=O) groups is 3. The Morgan fingerprint density at radius 3 is 2.61 bits per heavy atom. The predicted molar refractivity (Wildman–Crippen MR) is 64.2 cm³/mol. The van der Waals surface area contributed by atoms with Crippen LogP contribution in [0.15, 0.2) is 24.3 Å². The van der Waals surface area contributed by atoms with E-state index in [1.165, 1.54) is 18.2 Å². The third-order valence-electron chi connectivity index (χ3n) is 2.02. The van der Waals surface area contributed by atoms with Crippen molar-refractivity contribution in [2.45, 2.75) is 6.42 Å². The van der Waals surface area contributed by atoms with E-state index < -0.39 is 17.9 Å². The quantitative estimate of drug-likeness (QED) is 0.604. The number of carbonyl (C=O) groups excluding carboxylic acids is 2. The molecule has 0 atom stereocenters. The average molecular weight is 251 g/mol. The highest BCUT2D eigenvalue weighted by atomic mass is 16.4. The van der Waals surface area contributed by atoms with Crippen molar-refractivity contribution in [1.82, 2.24) is 5.32 Å². The molecule has 5 N–H and O–H groups in total. The van der Waals surface area contributed by atoms with E-state index in [0.29, 0.717) is 5.69 Å². The second kappa shape index (κ2) is 6.24. The molecule has 1 rings (SSSR count). The monoisotopic (exact) mass is 251 g/mol. The van der Waals surface area contributed by atoms with Crippen LogP contribution in [0.4, 0.5) is 10.5 Å². The van der Waals surface area contributed by atoms with Gasteiger partial charge in [0.05, 0.1) is 5.56 Å². The Morgan fingerprint density at radius 1 is 1.28 bits per heavy atom. The molecule has 0 saturated carbocycles. The maximum atomic E-state index is 11.4. The SMILES string of the molecule is NC(=O)CCNC(=O)Nc1cccc(C(=O)O)c1. The van der Waals surface area contributed by atoms with E-state index >= 15 is 0 Å². The zero-order valence-electron chi connectivity index (χ0n) is 9.47. The molecule has 0 unspecified atom stereocenters. The Labute approximate surface area is 103 Å². The standard InChI is InChI=1S/C11H13N3O4/c12-9(15)4-5-13-11(18)14-8-3-1-2-7(6-8)10(16)17/h1-3,6H,4-5H2,(H2,12,15)(H,16,17)(H2,13,14,18). The molecule has 0 spiro atoms. The topological polar surface area (TPSA) is 122 Å². The van der Waals surface area contributed by atoms with Gasteiger partial charge in [-0.05, 0) is 18.2 Å². The molecule has 96 valence electrons. The summed E-state index contributed by atoms with van der Waals surface area (Å²) in [5, 5.41) is 13.6. The van der Waals surface area contributed by atoms with E-state index in [-0.39, 0.29) is 18.5 Å². The maximum Gasteiger partial charge on any atom is 0.335 e. The number of amides is 3. The summed E-state index contributed by atoms with van der Waals surface area (Å²) in [4.78, 5) is 32.5. The van der Waals surface area contributed by atoms with Crippen molar-refractivity contribution < 1.29 is 19.5 Å². The van der Waals surface area contributed by atoms with Gasteiger partial charge in [-0.15, -0.1) is 0 Å². The molecule has 0 saturated heterocycles. The van der Waals surface area contributed by atoms with Crippen LogP contribution in [0.2, 0.25) is 0 Å². The predicted octanol–water partition coefficient (Wildman–Crippen LogP) is 0.382. The van der Waals surface area contributed by atoms with Gasteiger partial charge in [-0.1, -0.05) is 6.07 Å². The highest BCUT2D eigenvalue weighted by Gasteiger charge is 2.05. The number of aromatic carboxylic acids is 1. The van der Waals surface area contributed by atoms with Gasteiger partial charge in [-0.3, -0.25) is 4.79 Å². The number of primary amides is 1. The molecule has 0 heterocycles. The molecule has 3 amide bonds. The fourth-order valence-electron chi connectivity index (χ4n) is 1.20. The number of hydrogen-bond donors (Lipinski definition) is 4. The van der Waals surface area contributed by atoms with Crippen LogP contribution in [-0.2, 0) is 4.79 Å². The molecule has 0 aromatic heterocycles. The van der Waals surface area contributed by atoms with E-state index in [2.05, 4.69) is 10.6 Å². The maximum absolute atomic E-state index is 11.4. The van der Waals surface area contributed by atoms with E-state index in [1.807, 2.05) is 0 Å². The lowest BCUT2D eigenvalue weighted by Crippen LogP contribution is -2.31. The van der Waals surface area contributed by atoms with Crippen LogP contribution in [0.5, 0.6) is 0 Å². The second-order valence-electron chi connectivity index (χ2n) is 3.48.